The molecule has 2 N–H and O–H groups in total. The molecule has 1 aromatic heterocycles. The number of hydrogen-bond acceptors (Lipinski definition) is 3. The molecule has 5 heteroatoms. The van der Waals surface area contributed by atoms with Gasteiger partial charge in [-0.25, -0.2) is 0 Å². The van der Waals surface area contributed by atoms with Gasteiger partial charge in [-0.15, -0.1) is 0 Å². The molecule has 2 aromatic carbocycles. The van der Waals surface area contributed by atoms with Crippen molar-refractivity contribution in [3.05, 3.63) is 94.2 Å². The van der Waals surface area contributed by atoms with E-state index in [-0.39, 0.29) is 30.3 Å². The van der Waals surface area contributed by atoms with E-state index in [1.807, 2.05) is 48.7 Å². The second-order valence-electron chi connectivity index (χ2n) is 6.35. The van der Waals surface area contributed by atoms with Crippen molar-refractivity contribution in [1.29, 1.82) is 0 Å². The Morgan fingerprint density at radius 1 is 0.926 bits per heavy atom. The van der Waals surface area contributed by atoms with Crippen molar-refractivity contribution in [1.82, 2.24) is 10.6 Å². The van der Waals surface area contributed by atoms with Crippen LogP contribution in [0.3, 0.4) is 0 Å². The minimum absolute atomic E-state index is 0.0314. The Bertz CT molecular complexity index is 824. The number of thiophene rings is 1. The third kappa shape index (κ3) is 5.05. The van der Waals surface area contributed by atoms with E-state index < -0.39 is 0 Å². The Balaban J connectivity index is 1.66. The fourth-order valence-corrected chi connectivity index (χ4v) is 3.77. The van der Waals surface area contributed by atoms with E-state index in [1.165, 1.54) is 11.3 Å². The molecule has 138 valence electrons. The molecule has 0 aliphatic heterocycles. The van der Waals surface area contributed by atoms with Gasteiger partial charge in [0.25, 0.3) is 5.91 Å². The summed E-state index contributed by atoms with van der Waals surface area (Å²) in [4.78, 5) is 24.4. The molecule has 3 rings (SSSR count). The fourth-order valence-electron chi connectivity index (χ4n) is 3.14. The molecule has 0 aliphatic rings. The summed E-state index contributed by atoms with van der Waals surface area (Å²) in [7, 11) is 0. The van der Waals surface area contributed by atoms with Crippen molar-refractivity contribution in [2.24, 2.45) is 0 Å². The normalized spacial score (nSPS) is 11.8. The molecular formula is C22H22N2O2S. The lowest BCUT2D eigenvalue weighted by atomic mass is 9.86. The fraction of sp³-hybridized carbons (Fsp3) is 0.182. The predicted molar refractivity (Wildman–Crippen MR) is 109 cm³/mol. The first-order chi connectivity index (χ1) is 13.1. The van der Waals surface area contributed by atoms with Crippen LogP contribution in [0, 0.1) is 0 Å². The lowest BCUT2D eigenvalue weighted by Crippen LogP contribution is -2.43. The van der Waals surface area contributed by atoms with Gasteiger partial charge in [0.1, 0.15) is 0 Å². The highest BCUT2D eigenvalue weighted by atomic mass is 32.1. The molecule has 1 atom stereocenters. The Labute approximate surface area is 163 Å². The van der Waals surface area contributed by atoms with Gasteiger partial charge in [-0.1, -0.05) is 60.7 Å². The third-order valence-electron chi connectivity index (χ3n) is 4.40. The maximum Gasteiger partial charge on any atom is 0.252 e. The molecule has 2 amide bonds. The summed E-state index contributed by atoms with van der Waals surface area (Å²) in [5.74, 6) is -0.409. The van der Waals surface area contributed by atoms with E-state index in [4.69, 9.17) is 0 Å². The zero-order chi connectivity index (χ0) is 19.1. The SMILES string of the molecule is CC(NC(=O)CNC(=O)c1ccsc1)C(c1ccccc1)c1ccccc1. The number of carbonyl (C=O) groups is 2. The van der Waals surface area contributed by atoms with Crippen LogP contribution >= 0.6 is 11.3 Å². The van der Waals surface area contributed by atoms with E-state index in [9.17, 15) is 9.59 Å². The molecule has 0 saturated heterocycles. The lowest BCUT2D eigenvalue weighted by molar-refractivity contribution is -0.120. The number of carbonyl (C=O) groups excluding carboxylic acids is 2. The summed E-state index contributed by atoms with van der Waals surface area (Å²) in [6.45, 7) is 1.94. The summed E-state index contributed by atoms with van der Waals surface area (Å²) in [5, 5.41) is 9.29. The van der Waals surface area contributed by atoms with Crippen LogP contribution in [0.5, 0.6) is 0 Å². The summed E-state index contributed by atoms with van der Waals surface area (Å²) < 4.78 is 0. The molecule has 0 bridgehead atoms. The number of benzene rings is 2. The summed E-state index contributed by atoms with van der Waals surface area (Å²) >= 11 is 1.45. The van der Waals surface area contributed by atoms with Crippen molar-refractivity contribution in [3.8, 4) is 0 Å². The quantitative estimate of drug-likeness (QED) is 0.657. The summed E-state index contributed by atoms with van der Waals surface area (Å²) in [5.41, 5.74) is 2.85. The topological polar surface area (TPSA) is 58.2 Å². The first-order valence-electron chi connectivity index (χ1n) is 8.85. The molecular weight excluding hydrogens is 356 g/mol. The average Bonchev–Trinajstić information content (AvgIpc) is 3.23. The minimum atomic E-state index is -0.235. The molecule has 1 unspecified atom stereocenters. The molecule has 1 heterocycles. The smallest absolute Gasteiger partial charge is 0.252 e. The van der Waals surface area contributed by atoms with Gasteiger partial charge in [-0.05, 0) is 29.5 Å². The Morgan fingerprint density at radius 2 is 1.52 bits per heavy atom. The van der Waals surface area contributed by atoms with Gasteiger partial charge in [0.05, 0.1) is 6.54 Å². The highest BCUT2D eigenvalue weighted by molar-refractivity contribution is 7.08. The monoisotopic (exact) mass is 378 g/mol. The van der Waals surface area contributed by atoms with Gasteiger partial charge in [0.15, 0.2) is 0 Å². The van der Waals surface area contributed by atoms with Crippen molar-refractivity contribution in [2.75, 3.05) is 6.54 Å². The number of nitrogens with one attached hydrogen (secondary N) is 2. The lowest BCUT2D eigenvalue weighted by Gasteiger charge is -2.26. The van der Waals surface area contributed by atoms with Crippen LogP contribution in [0.25, 0.3) is 0 Å². The van der Waals surface area contributed by atoms with Gasteiger partial charge in [-0.2, -0.15) is 11.3 Å². The van der Waals surface area contributed by atoms with Gasteiger partial charge >= 0.3 is 0 Å². The van der Waals surface area contributed by atoms with E-state index in [1.54, 1.807) is 11.4 Å². The summed E-state index contributed by atoms with van der Waals surface area (Å²) in [6.07, 6.45) is 0. The van der Waals surface area contributed by atoms with Crippen LogP contribution in [-0.2, 0) is 4.79 Å². The van der Waals surface area contributed by atoms with Crippen molar-refractivity contribution < 1.29 is 9.59 Å². The Hall–Kier alpha value is -2.92. The van der Waals surface area contributed by atoms with Crippen LogP contribution in [0.4, 0.5) is 0 Å². The molecule has 0 radical (unpaired) electrons. The second-order valence-corrected chi connectivity index (χ2v) is 7.13. The van der Waals surface area contributed by atoms with Crippen molar-refractivity contribution >= 4 is 23.2 Å². The van der Waals surface area contributed by atoms with Crippen molar-refractivity contribution in [3.63, 3.8) is 0 Å². The van der Waals surface area contributed by atoms with E-state index in [2.05, 4.69) is 34.9 Å². The average molecular weight is 378 g/mol. The predicted octanol–water partition coefficient (Wildman–Crippen LogP) is 3.81. The molecule has 4 nitrogen and oxygen atoms in total. The maximum absolute atomic E-state index is 12.4. The minimum Gasteiger partial charge on any atom is -0.351 e. The van der Waals surface area contributed by atoms with Crippen LogP contribution < -0.4 is 10.6 Å². The number of rotatable bonds is 7. The first kappa shape index (κ1) is 18.9. The highest BCUT2D eigenvalue weighted by Gasteiger charge is 2.22. The second kappa shape index (κ2) is 9.14. The molecule has 27 heavy (non-hydrogen) atoms. The van der Waals surface area contributed by atoms with E-state index in [0.29, 0.717) is 5.56 Å². The molecule has 0 spiro atoms. The zero-order valence-corrected chi connectivity index (χ0v) is 15.9. The van der Waals surface area contributed by atoms with Gasteiger partial charge in [0, 0.05) is 22.9 Å². The van der Waals surface area contributed by atoms with E-state index >= 15 is 0 Å². The van der Waals surface area contributed by atoms with E-state index in [0.717, 1.165) is 11.1 Å². The Morgan fingerprint density at radius 3 is 2.04 bits per heavy atom. The standard InChI is InChI=1S/C22H22N2O2S/c1-16(24-20(25)14-23-22(26)19-12-13-27-15-19)21(17-8-4-2-5-9-17)18-10-6-3-7-11-18/h2-13,15-16,21H,14H2,1H3,(H,23,26)(H,24,25). The Kier molecular flexibility index (Phi) is 6.39. The van der Waals surface area contributed by atoms with Crippen molar-refractivity contribution in [2.45, 2.75) is 18.9 Å². The van der Waals surface area contributed by atoms with Gasteiger partial charge in [-0.3, -0.25) is 9.59 Å². The molecule has 0 aliphatic carbocycles. The molecule has 3 aromatic rings. The van der Waals surface area contributed by atoms with Crippen LogP contribution in [0.2, 0.25) is 0 Å². The van der Waals surface area contributed by atoms with Gasteiger partial charge in [0.2, 0.25) is 5.91 Å². The third-order valence-corrected chi connectivity index (χ3v) is 5.08. The number of hydrogen-bond donors (Lipinski definition) is 2. The summed E-state index contributed by atoms with van der Waals surface area (Å²) in [6, 6.07) is 21.9. The highest BCUT2D eigenvalue weighted by Crippen LogP contribution is 2.27. The maximum atomic E-state index is 12.4. The molecule has 0 saturated carbocycles. The zero-order valence-electron chi connectivity index (χ0n) is 15.1. The van der Waals surface area contributed by atoms with Crippen LogP contribution in [0.1, 0.15) is 34.3 Å². The first-order valence-corrected chi connectivity index (χ1v) is 9.79. The largest absolute Gasteiger partial charge is 0.351 e. The molecule has 0 fully saturated rings. The van der Waals surface area contributed by atoms with Crippen LogP contribution in [0.15, 0.2) is 77.5 Å². The number of amides is 2. The van der Waals surface area contributed by atoms with Gasteiger partial charge < -0.3 is 10.6 Å². The van der Waals surface area contributed by atoms with Crippen LogP contribution in [-0.4, -0.2) is 24.4 Å².